The van der Waals surface area contributed by atoms with Gasteiger partial charge in [-0.1, -0.05) is 12.1 Å². The second-order valence-electron chi connectivity index (χ2n) is 6.56. The molecular formula is C19H20F3N3O. The molecule has 138 valence electrons. The van der Waals surface area contributed by atoms with E-state index in [4.69, 9.17) is 0 Å². The minimum Gasteiger partial charge on any atom is -0.349 e. The number of pyridine rings is 1. The van der Waals surface area contributed by atoms with Gasteiger partial charge in [0.25, 0.3) is 5.91 Å². The first-order valence-corrected chi connectivity index (χ1v) is 8.46. The number of rotatable bonds is 3. The van der Waals surface area contributed by atoms with Crippen molar-refractivity contribution in [3.63, 3.8) is 0 Å². The molecule has 1 saturated heterocycles. The summed E-state index contributed by atoms with van der Waals surface area (Å²) >= 11 is 0. The lowest BCUT2D eigenvalue weighted by Crippen LogP contribution is -2.43. The van der Waals surface area contributed by atoms with Gasteiger partial charge in [-0.15, -0.1) is 0 Å². The summed E-state index contributed by atoms with van der Waals surface area (Å²) < 4.78 is 38.4. The van der Waals surface area contributed by atoms with Crippen molar-refractivity contribution >= 4 is 5.91 Å². The highest BCUT2D eigenvalue weighted by Crippen LogP contribution is 2.31. The van der Waals surface area contributed by atoms with Crippen molar-refractivity contribution in [1.29, 1.82) is 0 Å². The first kappa shape index (κ1) is 18.4. The molecule has 1 aromatic carbocycles. The molecule has 1 aliphatic rings. The van der Waals surface area contributed by atoms with Gasteiger partial charge in [-0.25, -0.2) is 0 Å². The second-order valence-corrected chi connectivity index (χ2v) is 6.56. The van der Waals surface area contributed by atoms with Crippen LogP contribution < -0.4 is 5.32 Å². The first-order valence-electron chi connectivity index (χ1n) is 8.46. The van der Waals surface area contributed by atoms with Crippen molar-refractivity contribution in [1.82, 2.24) is 15.2 Å². The van der Waals surface area contributed by atoms with Gasteiger partial charge >= 0.3 is 6.18 Å². The summed E-state index contributed by atoms with van der Waals surface area (Å²) in [5.74, 6) is -0.164. The van der Waals surface area contributed by atoms with Crippen LogP contribution in [0.1, 0.15) is 28.8 Å². The lowest BCUT2D eigenvalue weighted by molar-refractivity contribution is -0.137. The van der Waals surface area contributed by atoms with E-state index in [1.165, 1.54) is 0 Å². The monoisotopic (exact) mass is 363 g/mol. The molecule has 0 saturated carbocycles. The van der Waals surface area contributed by atoms with Crippen LogP contribution >= 0.6 is 0 Å². The molecule has 0 atom stereocenters. The molecule has 0 bridgehead atoms. The fraction of sp³-hybridized carbons (Fsp3) is 0.368. The second kappa shape index (κ2) is 7.45. The Labute approximate surface area is 150 Å². The summed E-state index contributed by atoms with van der Waals surface area (Å²) in [7, 11) is 2.05. The van der Waals surface area contributed by atoms with Gasteiger partial charge in [0.1, 0.15) is 0 Å². The molecule has 1 aromatic heterocycles. The molecule has 1 amide bonds. The predicted molar refractivity (Wildman–Crippen MR) is 92.7 cm³/mol. The normalized spacial score (nSPS) is 16.5. The number of benzene rings is 1. The van der Waals surface area contributed by atoms with E-state index in [2.05, 4.69) is 22.2 Å². The molecule has 1 aliphatic heterocycles. The Bertz CT molecular complexity index is 766. The van der Waals surface area contributed by atoms with Gasteiger partial charge in [0.2, 0.25) is 0 Å². The number of carbonyl (C=O) groups excluding carboxylic acids is 1. The molecule has 7 heteroatoms. The van der Waals surface area contributed by atoms with Crippen molar-refractivity contribution in [2.75, 3.05) is 20.1 Å². The number of nitrogens with one attached hydrogen (secondary N) is 1. The van der Waals surface area contributed by atoms with E-state index < -0.39 is 11.7 Å². The Morgan fingerprint density at radius 1 is 1.15 bits per heavy atom. The van der Waals surface area contributed by atoms with Crippen LogP contribution in [0.5, 0.6) is 0 Å². The van der Waals surface area contributed by atoms with Crippen LogP contribution in [0.25, 0.3) is 11.3 Å². The molecule has 0 unspecified atom stereocenters. The quantitative estimate of drug-likeness (QED) is 0.906. The number of nitrogens with zero attached hydrogens (tertiary/aromatic N) is 2. The fourth-order valence-electron chi connectivity index (χ4n) is 2.98. The van der Waals surface area contributed by atoms with E-state index >= 15 is 0 Å². The molecule has 3 rings (SSSR count). The van der Waals surface area contributed by atoms with E-state index in [1.807, 2.05) is 0 Å². The molecule has 2 heterocycles. The van der Waals surface area contributed by atoms with Gasteiger partial charge in [0, 0.05) is 23.4 Å². The van der Waals surface area contributed by atoms with Gasteiger partial charge in [-0.3, -0.25) is 9.78 Å². The fourth-order valence-corrected chi connectivity index (χ4v) is 2.98. The Balaban J connectivity index is 1.69. The highest BCUT2D eigenvalue weighted by molar-refractivity contribution is 5.94. The average Bonchev–Trinajstić information content (AvgIpc) is 2.63. The van der Waals surface area contributed by atoms with Crippen LogP contribution in [-0.2, 0) is 6.18 Å². The number of alkyl halides is 3. The van der Waals surface area contributed by atoms with Gasteiger partial charge < -0.3 is 10.2 Å². The van der Waals surface area contributed by atoms with Gasteiger partial charge in [0.05, 0.1) is 11.3 Å². The summed E-state index contributed by atoms with van der Waals surface area (Å²) in [6.07, 6.45) is -1.45. The van der Waals surface area contributed by atoms with Crippen LogP contribution in [0.2, 0.25) is 0 Å². The number of amides is 1. The van der Waals surface area contributed by atoms with Crippen molar-refractivity contribution in [2.45, 2.75) is 25.1 Å². The summed E-state index contributed by atoms with van der Waals surface area (Å²) in [6, 6.07) is 8.56. The Hall–Kier alpha value is -2.41. The van der Waals surface area contributed by atoms with Gasteiger partial charge in [-0.05, 0) is 57.2 Å². The zero-order valence-electron chi connectivity index (χ0n) is 14.4. The molecule has 2 aromatic rings. The first-order chi connectivity index (χ1) is 12.3. The maximum atomic E-state index is 12.8. The van der Waals surface area contributed by atoms with E-state index in [9.17, 15) is 18.0 Å². The van der Waals surface area contributed by atoms with E-state index in [0.717, 1.165) is 44.3 Å². The summed E-state index contributed by atoms with van der Waals surface area (Å²) in [4.78, 5) is 18.6. The van der Waals surface area contributed by atoms with Crippen molar-refractivity contribution in [3.8, 4) is 11.3 Å². The van der Waals surface area contributed by atoms with Crippen molar-refractivity contribution in [2.24, 2.45) is 0 Å². The van der Waals surface area contributed by atoms with Crippen LogP contribution in [0, 0.1) is 0 Å². The highest BCUT2D eigenvalue weighted by Gasteiger charge is 2.30. The van der Waals surface area contributed by atoms with Crippen LogP contribution in [0.3, 0.4) is 0 Å². The van der Waals surface area contributed by atoms with E-state index in [-0.39, 0.29) is 17.6 Å². The summed E-state index contributed by atoms with van der Waals surface area (Å²) in [6.45, 7) is 1.90. The smallest absolute Gasteiger partial charge is 0.349 e. The van der Waals surface area contributed by atoms with E-state index in [1.54, 1.807) is 24.3 Å². The SMILES string of the molecule is CN1CCC(NC(=O)c2ccc(-c3cc(C(F)(F)F)ccn3)cc2)CC1. The molecule has 0 aliphatic carbocycles. The van der Waals surface area contributed by atoms with Gasteiger partial charge in [0.15, 0.2) is 0 Å². The Morgan fingerprint density at radius 3 is 2.42 bits per heavy atom. The number of piperidine rings is 1. The number of halogens is 3. The predicted octanol–water partition coefficient (Wildman–Crippen LogP) is 3.59. The maximum Gasteiger partial charge on any atom is 0.416 e. The largest absolute Gasteiger partial charge is 0.416 e. The standard InChI is InChI=1S/C19H20F3N3O/c1-25-10-7-16(8-11-25)24-18(26)14-4-2-13(3-5-14)17-12-15(6-9-23-17)19(20,21)22/h2-6,9,12,16H,7-8,10-11H2,1H3,(H,24,26). The lowest BCUT2D eigenvalue weighted by atomic mass is 10.0. The highest BCUT2D eigenvalue weighted by atomic mass is 19.4. The van der Waals surface area contributed by atoms with E-state index in [0.29, 0.717) is 11.1 Å². The molecule has 4 nitrogen and oxygen atoms in total. The molecule has 1 N–H and O–H groups in total. The third kappa shape index (κ3) is 4.40. The summed E-state index contributed by atoms with van der Waals surface area (Å²) in [5, 5.41) is 3.01. The third-order valence-corrected chi connectivity index (χ3v) is 4.58. The topological polar surface area (TPSA) is 45.2 Å². The average molecular weight is 363 g/mol. The number of likely N-dealkylation sites (tertiary alicyclic amines) is 1. The molecule has 26 heavy (non-hydrogen) atoms. The Kier molecular flexibility index (Phi) is 5.27. The Morgan fingerprint density at radius 2 is 1.81 bits per heavy atom. The number of hydrogen-bond acceptors (Lipinski definition) is 3. The van der Waals surface area contributed by atoms with Crippen LogP contribution in [-0.4, -0.2) is 42.0 Å². The molecule has 1 fully saturated rings. The molecule has 0 radical (unpaired) electrons. The minimum absolute atomic E-state index is 0.156. The summed E-state index contributed by atoms with van der Waals surface area (Å²) in [5.41, 5.74) is 0.500. The van der Waals surface area contributed by atoms with Crippen molar-refractivity contribution < 1.29 is 18.0 Å². The number of aromatic nitrogens is 1. The van der Waals surface area contributed by atoms with Crippen LogP contribution in [0.4, 0.5) is 13.2 Å². The molecule has 0 spiro atoms. The number of hydrogen-bond donors (Lipinski definition) is 1. The maximum absolute atomic E-state index is 12.8. The van der Waals surface area contributed by atoms with Crippen LogP contribution in [0.15, 0.2) is 42.6 Å². The lowest BCUT2D eigenvalue weighted by Gasteiger charge is -2.29. The zero-order chi connectivity index (χ0) is 18.7. The van der Waals surface area contributed by atoms with Crippen molar-refractivity contribution in [3.05, 3.63) is 53.7 Å². The molecular weight excluding hydrogens is 343 g/mol. The van der Waals surface area contributed by atoms with Gasteiger partial charge in [-0.2, -0.15) is 13.2 Å². The zero-order valence-corrected chi connectivity index (χ0v) is 14.4. The minimum atomic E-state index is -4.41. The third-order valence-electron chi connectivity index (χ3n) is 4.58. The number of carbonyl (C=O) groups is 1.